The van der Waals surface area contributed by atoms with E-state index < -0.39 is 41.0 Å². The summed E-state index contributed by atoms with van der Waals surface area (Å²) >= 11 is 0. The van der Waals surface area contributed by atoms with Crippen LogP contribution in [0, 0.1) is 11.3 Å². The lowest BCUT2D eigenvalue weighted by Crippen LogP contribution is -2.61. The van der Waals surface area contributed by atoms with E-state index in [0.29, 0.717) is 5.57 Å². The van der Waals surface area contributed by atoms with Gasteiger partial charge in [-0.3, -0.25) is 14.4 Å². The zero-order valence-electron chi connectivity index (χ0n) is 24.8. The van der Waals surface area contributed by atoms with Crippen molar-refractivity contribution >= 4 is 17.7 Å². The molecule has 1 aromatic carbocycles. The van der Waals surface area contributed by atoms with E-state index in [2.05, 4.69) is 10.6 Å². The number of hydrogen-bond acceptors (Lipinski definition) is 4. The Morgan fingerprint density at radius 1 is 0.974 bits per heavy atom. The SMILES string of the molecule is CN[C@H](C(=O)N[C@H](C(=O)N(C)[C@H](/C=C(\C)CNC(=O)C(F)(F)F)C(C)C)C(C)(C)C)C(C)(C)c1ccccc1. The number of hydrogen-bond donors (Lipinski definition) is 3. The second kappa shape index (κ2) is 13.5. The van der Waals surface area contributed by atoms with E-state index in [1.54, 1.807) is 27.1 Å². The van der Waals surface area contributed by atoms with Crippen LogP contribution in [0.4, 0.5) is 13.2 Å². The first-order valence-corrected chi connectivity index (χ1v) is 13.1. The van der Waals surface area contributed by atoms with Crippen LogP contribution >= 0.6 is 0 Å². The number of rotatable bonds is 11. The summed E-state index contributed by atoms with van der Waals surface area (Å²) in [6.45, 7) is 14.6. The molecule has 0 aliphatic heterocycles. The van der Waals surface area contributed by atoms with Crippen LogP contribution in [0.25, 0.3) is 0 Å². The normalized spacial score (nSPS) is 15.4. The van der Waals surface area contributed by atoms with Crippen LogP contribution < -0.4 is 16.0 Å². The Labute approximate surface area is 231 Å². The van der Waals surface area contributed by atoms with Crippen molar-refractivity contribution in [3.05, 3.63) is 47.5 Å². The number of amides is 3. The number of halogens is 3. The highest BCUT2D eigenvalue weighted by Crippen LogP contribution is 2.29. The molecule has 0 bridgehead atoms. The zero-order valence-corrected chi connectivity index (χ0v) is 24.8. The van der Waals surface area contributed by atoms with Gasteiger partial charge in [-0.1, -0.05) is 90.4 Å². The minimum Gasteiger partial charge on any atom is -0.345 e. The molecule has 0 unspecified atom stereocenters. The average Bonchev–Trinajstić information content (AvgIpc) is 2.82. The summed E-state index contributed by atoms with van der Waals surface area (Å²) in [6.07, 6.45) is -3.29. The number of benzene rings is 1. The minimum absolute atomic E-state index is 0.0920. The topological polar surface area (TPSA) is 90.5 Å². The molecule has 0 fully saturated rings. The predicted octanol–water partition coefficient (Wildman–Crippen LogP) is 4.19. The summed E-state index contributed by atoms with van der Waals surface area (Å²) in [5, 5.41) is 7.93. The Morgan fingerprint density at radius 3 is 1.95 bits per heavy atom. The van der Waals surface area contributed by atoms with E-state index in [1.165, 1.54) is 4.90 Å². The van der Waals surface area contributed by atoms with Crippen molar-refractivity contribution in [2.24, 2.45) is 11.3 Å². The van der Waals surface area contributed by atoms with E-state index >= 15 is 0 Å². The smallest absolute Gasteiger partial charge is 0.345 e. The maximum Gasteiger partial charge on any atom is 0.471 e. The Bertz CT molecular complexity index is 1010. The van der Waals surface area contributed by atoms with E-state index in [9.17, 15) is 27.6 Å². The molecule has 0 aliphatic carbocycles. The first-order valence-electron chi connectivity index (χ1n) is 13.1. The molecule has 0 radical (unpaired) electrons. The van der Waals surface area contributed by atoms with Crippen LogP contribution in [-0.2, 0) is 19.8 Å². The number of nitrogens with zero attached hydrogens (tertiary/aromatic N) is 1. The number of nitrogens with one attached hydrogen (secondary N) is 3. The summed E-state index contributed by atoms with van der Waals surface area (Å²) in [5.74, 6) is -2.76. The summed E-state index contributed by atoms with van der Waals surface area (Å²) in [7, 11) is 3.31. The summed E-state index contributed by atoms with van der Waals surface area (Å²) in [4.78, 5) is 40.1. The molecule has 10 heteroatoms. The summed E-state index contributed by atoms with van der Waals surface area (Å²) in [6, 6.07) is 7.64. The van der Waals surface area contributed by atoms with E-state index in [-0.39, 0.29) is 24.3 Å². The monoisotopic (exact) mass is 554 g/mol. The van der Waals surface area contributed by atoms with Crippen LogP contribution in [0.2, 0.25) is 0 Å². The molecule has 3 amide bonds. The maximum atomic E-state index is 13.8. The number of carbonyl (C=O) groups is 3. The fourth-order valence-corrected chi connectivity index (χ4v) is 4.50. The number of likely N-dealkylation sites (N-methyl/N-ethyl adjacent to an activating group) is 2. The Hall–Kier alpha value is -2.88. The molecule has 7 nitrogen and oxygen atoms in total. The zero-order chi connectivity index (χ0) is 30.3. The van der Waals surface area contributed by atoms with Crippen LogP contribution in [0.3, 0.4) is 0 Å². The van der Waals surface area contributed by atoms with Crippen molar-refractivity contribution in [1.29, 1.82) is 0 Å². The second-order valence-electron chi connectivity index (χ2n) is 12.0. The molecule has 0 saturated heterocycles. The number of carbonyl (C=O) groups excluding carboxylic acids is 3. The molecule has 3 N–H and O–H groups in total. The van der Waals surface area contributed by atoms with Gasteiger partial charge >= 0.3 is 12.1 Å². The van der Waals surface area contributed by atoms with Crippen molar-refractivity contribution in [1.82, 2.24) is 20.9 Å². The predicted molar refractivity (Wildman–Crippen MR) is 148 cm³/mol. The molecule has 0 spiro atoms. The van der Waals surface area contributed by atoms with Crippen LogP contribution in [0.5, 0.6) is 0 Å². The number of alkyl halides is 3. The van der Waals surface area contributed by atoms with Crippen molar-refractivity contribution in [2.45, 2.75) is 85.1 Å². The van der Waals surface area contributed by atoms with E-state index in [4.69, 9.17) is 0 Å². The molecule has 0 saturated carbocycles. The van der Waals surface area contributed by atoms with Gasteiger partial charge in [0.1, 0.15) is 6.04 Å². The lowest BCUT2D eigenvalue weighted by atomic mass is 9.76. The van der Waals surface area contributed by atoms with Crippen molar-refractivity contribution in [2.75, 3.05) is 20.6 Å². The van der Waals surface area contributed by atoms with Gasteiger partial charge in [0.05, 0.1) is 12.1 Å². The third kappa shape index (κ3) is 9.37. The molecule has 0 aromatic heterocycles. The highest BCUT2D eigenvalue weighted by atomic mass is 19.4. The van der Waals surface area contributed by atoms with Crippen molar-refractivity contribution in [3.8, 4) is 0 Å². The van der Waals surface area contributed by atoms with Gasteiger partial charge in [-0.15, -0.1) is 0 Å². The summed E-state index contributed by atoms with van der Waals surface area (Å²) in [5.41, 5.74) is 0.214. The summed E-state index contributed by atoms with van der Waals surface area (Å²) < 4.78 is 37.7. The fourth-order valence-electron chi connectivity index (χ4n) is 4.50. The lowest BCUT2D eigenvalue weighted by molar-refractivity contribution is -0.173. The van der Waals surface area contributed by atoms with E-state index in [0.717, 1.165) is 5.56 Å². The Morgan fingerprint density at radius 2 is 1.51 bits per heavy atom. The van der Waals surface area contributed by atoms with Gasteiger partial charge in [0.15, 0.2) is 0 Å². The largest absolute Gasteiger partial charge is 0.471 e. The molecule has 3 atom stereocenters. The van der Waals surface area contributed by atoms with Crippen LogP contribution in [0.1, 0.15) is 61.0 Å². The molecule has 1 aromatic rings. The second-order valence-corrected chi connectivity index (χ2v) is 12.0. The van der Waals surface area contributed by atoms with Crippen LogP contribution in [0.15, 0.2) is 42.0 Å². The van der Waals surface area contributed by atoms with Gasteiger partial charge in [0.2, 0.25) is 11.8 Å². The molecule has 39 heavy (non-hydrogen) atoms. The molecule has 1 rings (SSSR count). The van der Waals surface area contributed by atoms with Crippen molar-refractivity contribution < 1.29 is 27.6 Å². The molecular formula is C29H45F3N4O3. The van der Waals surface area contributed by atoms with Gasteiger partial charge in [-0.25, -0.2) is 0 Å². The molecule has 0 heterocycles. The maximum absolute atomic E-state index is 13.8. The molecule has 220 valence electrons. The highest BCUT2D eigenvalue weighted by Gasteiger charge is 2.42. The fraction of sp³-hybridized carbons (Fsp3) is 0.621. The van der Waals surface area contributed by atoms with Gasteiger partial charge in [0, 0.05) is 19.0 Å². The standard InChI is InChI=1S/C29H45F3N4O3/c1-18(2)21(16-19(3)17-34-26(39)29(30,31)32)36(10)25(38)23(27(4,5)6)35-24(37)22(33-9)28(7,8)20-14-12-11-13-15-20/h11-16,18,21-23,33H,17H2,1-10H3,(H,34,39)(H,35,37)/b19-16+/t21-,22-,23-/m1/s1. The van der Waals surface area contributed by atoms with Crippen molar-refractivity contribution in [3.63, 3.8) is 0 Å². The average molecular weight is 555 g/mol. The Kier molecular flexibility index (Phi) is 11.8. The van der Waals surface area contributed by atoms with Crippen LogP contribution in [-0.4, -0.2) is 67.6 Å². The third-order valence-electron chi connectivity index (χ3n) is 6.91. The van der Waals surface area contributed by atoms with Gasteiger partial charge < -0.3 is 20.9 Å². The van der Waals surface area contributed by atoms with Gasteiger partial charge in [0.25, 0.3) is 0 Å². The van der Waals surface area contributed by atoms with E-state index in [1.807, 2.05) is 84.1 Å². The molecular weight excluding hydrogens is 509 g/mol. The minimum atomic E-state index is -4.97. The van der Waals surface area contributed by atoms with Gasteiger partial charge in [-0.05, 0) is 30.9 Å². The first-order chi connectivity index (χ1) is 17.7. The van der Waals surface area contributed by atoms with Gasteiger partial charge in [-0.2, -0.15) is 13.2 Å². The lowest BCUT2D eigenvalue weighted by Gasteiger charge is -2.40. The Balaban J connectivity index is 3.21. The molecule has 0 aliphatic rings. The highest BCUT2D eigenvalue weighted by molar-refractivity contribution is 5.91. The quantitative estimate of drug-likeness (QED) is 0.358. The third-order valence-corrected chi connectivity index (χ3v) is 6.91. The first kappa shape index (κ1) is 34.1.